The van der Waals surface area contributed by atoms with Crippen LogP contribution in [-0.2, 0) is 6.42 Å². The smallest absolute Gasteiger partial charge is 0.154 e. The molecule has 20 heavy (non-hydrogen) atoms. The van der Waals surface area contributed by atoms with Crippen molar-refractivity contribution in [1.82, 2.24) is 4.98 Å². The summed E-state index contributed by atoms with van der Waals surface area (Å²) in [6.07, 6.45) is 2.18. The molecule has 0 saturated heterocycles. The molecule has 104 valence electrons. The second kappa shape index (κ2) is 5.27. The molecule has 0 aliphatic heterocycles. The largest absolute Gasteiger partial charge is 0.376 e. The van der Waals surface area contributed by atoms with Crippen LogP contribution in [0, 0.1) is 13.8 Å². The minimum absolute atomic E-state index is 0.295. The summed E-state index contributed by atoms with van der Waals surface area (Å²) in [6.45, 7) is 4.12. The van der Waals surface area contributed by atoms with Crippen LogP contribution in [0.3, 0.4) is 0 Å². The summed E-state index contributed by atoms with van der Waals surface area (Å²) < 4.78 is 0. The van der Waals surface area contributed by atoms with Crippen LogP contribution in [0.5, 0.6) is 0 Å². The van der Waals surface area contributed by atoms with Gasteiger partial charge in [-0.3, -0.25) is 0 Å². The van der Waals surface area contributed by atoms with Crippen molar-refractivity contribution < 1.29 is 0 Å². The molecule has 2 aromatic rings. The van der Waals surface area contributed by atoms with Crippen molar-refractivity contribution in [1.29, 1.82) is 0 Å². The normalized spacial score (nSPS) is 17.1. The van der Waals surface area contributed by atoms with E-state index >= 15 is 0 Å². The van der Waals surface area contributed by atoms with E-state index in [1.807, 2.05) is 13.0 Å². The van der Waals surface area contributed by atoms with Crippen molar-refractivity contribution >= 4 is 28.9 Å². The number of aromatic nitrogens is 1. The van der Waals surface area contributed by atoms with Crippen LogP contribution in [-0.4, -0.2) is 4.98 Å². The van der Waals surface area contributed by atoms with Gasteiger partial charge in [-0.1, -0.05) is 47.0 Å². The van der Waals surface area contributed by atoms with Gasteiger partial charge in [0.1, 0.15) is 5.15 Å². The summed E-state index contributed by atoms with van der Waals surface area (Å²) in [7, 11) is 0. The van der Waals surface area contributed by atoms with E-state index in [0.29, 0.717) is 16.3 Å². The van der Waals surface area contributed by atoms with E-state index in [9.17, 15) is 0 Å². The first kappa shape index (κ1) is 13.7. The third-order valence-electron chi connectivity index (χ3n) is 3.84. The minimum atomic E-state index is 0.295. The average molecular weight is 307 g/mol. The molecule has 0 radical (unpaired) electrons. The van der Waals surface area contributed by atoms with Gasteiger partial charge in [0, 0.05) is 0 Å². The lowest BCUT2D eigenvalue weighted by molar-refractivity contribution is 0.760. The maximum Gasteiger partial charge on any atom is 0.154 e. The number of nitrogens with zero attached hydrogens (tertiary/aromatic N) is 1. The third-order valence-corrected chi connectivity index (χ3v) is 4.31. The molecule has 2 nitrogen and oxygen atoms in total. The van der Waals surface area contributed by atoms with Crippen molar-refractivity contribution in [2.24, 2.45) is 0 Å². The first-order chi connectivity index (χ1) is 9.54. The highest BCUT2D eigenvalue weighted by molar-refractivity contribution is 6.34. The Morgan fingerprint density at radius 3 is 2.75 bits per heavy atom. The molecule has 1 atom stereocenters. The van der Waals surface area contributed by atoms with Crippen molar-refractivity contribution in [2.45, 2.75) is 32.7 Å². The molecule has 3 rings (SSSR count). The molecule has 1 aromatic carbocycles. The molecule has 1 aliphatic rings. The van der Waals surface area contributed by atoms with Gasteiger partial charge in [-0.2, -0.15) is 0 Å². The summed E-state index contributed by atoms with van der Waals surface area (Å²) in [5, 5.41) is 4.41. The van der Waals surface area contributed by atoms with Crippen LogP contribution in [0.25, 0.3) is 0 Å². The number of aryl methyl sites for hydroxylation is 3. The Kier molecular flexibility index (Phi) is 3.61. The zero-order valence-electron chi connectivity index (χ0n) is 11.5. The van der Waals surface area contributed by atoms with E-state index in [2.05, 4.69) is 35.4 Å². The Labute approximate surface area is 129 Å². The topological polar surface area (TPSA) is 24.9 Å². The summed E-state index contributed by atoms with van der Waals surface area (Å²) in [6, 6.07) is 8.78. The average Bonchev–Trinajstić information content (AvgIpc) is 2.76. The molecule has 0 bridgehead atoms. The summed E-state index contributed by atoms with van der Waals surface area (Å²) in [5.41, 5.74) is 5.99. The lowest BCUT2D eigenvalue weighted by atomic mass is 10.0. The Morgan fingerprint density at radius 1 is 1.20 bits per heavy atom. The lowest BCUT2D eigenvalue weighted by Crippen LogP contribution is -2.09. The Bertz CT molecular complexity index is 645. The molecule has 4 heteroatoms. The quantitative estimate of drug-likeness (QED) is 0.780. The number of halogens is 2. The van der Waals surface area contributed by atoms with E-state index in [4.69, 9.17) is 23.2 Å². The third kappa shape index (κ3) is 2.50. The molecular weight excluding hydrogens is 291 g/mol. The van der Waals surface area contributed by atoms with Crippen molar-refractivity contribution in [3.05, 3.63) is 56.8 Å². The van der Waals surface area contributed by atoms with Gasteiger partial charge < -0.3 is 5.32 Å². The fraction of sp³-hybridized carbons (Fsp3) is 0.312. The Morgan fingerprint density at radius 2 is 2.00 bits per heavy atom. The number of anilines is 1. The van der Waals surface area contributed by atoms with Crippen LogP contribution < -0.4 is 5.32 Å². The fourth-order valence-corrected chi connectivity index (χ4v) is 3.40. The van der Waals surface area contributed by atoms with Crippen molar-refractivity contribution in [3.8, 4) is 0 Å². The van der Waals surface area contributed by atoms with Gasteiger partial charge in [-0.25, -0.2) is 4.98 Å². The van der Waals surface area contributed by atoms with E-state index in [-0.39, 0.29) is 0 Å². The maximum atomic E-state index is 6.21. The summed E-state index contributed by atoms with van der Waals surface area (Å²) in [4.78, 5) is 4.12. The molecule has 1 unspecified atom stereocenters. The molecule has 1 N–H and O–H groups in total. The Balaban J connectivity index is 1.93. The number of pyridine rings is 1. The van der Waals surface area contributed by atoms with E-state index in [1.165, 1.54) is 16.7 Å². The molecule has 1 aromatic heterocycles. The number of fused-ring (bicyclic) bond motifs is 1. The summed E-state index contributed by atoms with van der Waals surface area (Å²) >= 11 is 12.1. The highest BCUT2D eigenvalue weighted by Crippen LogP contribution is 2.37. The Hall–Kier alpha value is -1.25. The van der Waals surface area contributed by atoms with E-state index < -0.39 is 0 Å². The SMILES string of the molecule is Cc1ccc2c(c1)C(Nc1c(C)cc(Cl)nc1Cl)CC2. The molecular formula is C16H16Cl2N2. The zero-order chi connectivity index (χ0) is 14.3. The van der Waals surface area contributed by atoms with Gasteiger partial charge in [0.25, 0.3) is 0 Å². The first-order valence-electron chi connectivity index (χ1n) is 6.73. The highest BCUT2D eigenvalue weighted by atomic mass is 35.5. The summed E-state index contributed by atoms with van der Waals surface area (Å²) in [5.74, 6) is 0. The maximum absolute atomic E-state index is 6.21. The number of benzene rings is 1. The van der Waals surface area contributed by atoms with Crippen LogP contribution in [0.4, 0.5) is 5.69 Å². The van der Waals surface area contributed by atoms with Gasteiger partial charge in [0.2, 0.25) is 0 Å². The molecule has 0 amide bonds. The zero-order valence-corrected chi connectivity index (χ0v) is 13.0. The predicted molar refractivity (Wildman–Crippen MR) is 84.9 cm³/mol. The minimum Gasteiger partial charge on any atom is -0.376 e. The molecule has 0 saturated carbocycles. The molecule has 0 fully saturated rings. The van der Waals surface area contributed by atoms with Gasteiger partial charge in [-0.15, -0.1) is 0 Å². The standard InChI is InChI=1S/C16H16Cl2N2/c1-9-3-4-11-5-6-13(12(11)7-9)19-15-10(2)8-14(17)20-16(15)18/h3-4,7-8,13,19H,5-6H2,1-2H3. The molecule has 0 spiro atoms. The van der Waals surface area contributed by atoms with Gasteiger partial charge in [0.05, 0.1) is 11.7 Å². The van der Waals surface area contributed by atoms with Crippen LogP contribution >= 0.6 is 23.2 Å². The second-order valence-corrected chi connectivity index (χ2v) is 6.11. The van der Waals surface area contributed by atoms with E-state index in [0.717, 1.165) is 24.1 Å². The molecule has 1 heterocycles. The van der Waals surface area contributed by atoms with Crippen LogP contribution in [0.15, 0.2) is 24.3 Å². The first-order valence-corrected chi connectivity index (χ1v) is 7.49. The predicted octanol–water partition coefficient (Wildman–Crippen LogP) is 5.10. The van der Waals surface area contributed by atoms with Crippen LogP contribution in [0.2, 0.25) is 10.3 Å². The number of nitrogens with one attached hydrogen (secondary N) is 1. The van der Waals surface area contributed by atoms with Gasteiger partial charge >= 0.3 is 0 Å². The van der Waals surface area contributed by atoms with Crippen molar-refractivity contribution in [2.75, 3.05) is 5.32 Å². The highest BCUT2D eigenvalue weighted by Gasteiger charge is 2.23. The van der Waals surface area contributed by atoms with Crippen molar-refractivity contribution in [3.63, 3.8) is 0 Å². The van der Waals surface area contributed by atoms with Gasteiger partial charge in [-0.05, 0) is 49.4 Å². The van der Waals surface area contributed by atoms with Gasteiger partial charge in [0.15, 0.2) is 5.15 Å². The fourth-order valence-electron chi connectivity index (χ4n) is 2.81. The number of hydrogen-bond acceptors (Lipinski definition) is 2. The second-order valence-electron chi connectivity index (χ2n) is 5.37. The van der Waals surface area contributed by atoms with E-state index in [1.54, 1.807) is 0 Å². The number of hydrogen-bond donors (Lipinski definition) is 1. The lowest BCUT2D eigenvalue weighted by Gasteiger charge is -2.18. The van der Waals surface area contributed by atoms with Crippen LogP contribution in [0.1, 0.15) is 34.7 Å². The monoisotopic (exact) mass is 306 g/mol. The molecule has 1 aliphatic carbocycles. The number of rotatable bonds is 2.